The molecule has 0 aliphatic carbocycles. The summed E-state index contributed by atoms with van der Waals surface area (Å²) in [6.07, 6.45) is 4.44. The van der Waals surface area contributed by atoms with Gasteiger partial charge < -0.3 is 20.6 Å². The molecule has 7 nitrogen and oxygen atoms in total. The van der Waals surface area contributed by atoms with Crippen molar-refractivity contribution in [2.75, 3.05) is 13.1 Å². The van der Waals surface area contributed by atoms with Crippen molar-refractivity contribution in [1.29, 1.82) is 0 Å². The van der Waals surface area contributed by atoms with Crippen LogP contribution in [0.1, 0.15) is 24.8 Å². The first-order chi connectivity index (χ1) is 13.8. The second-order valence-electron chi connectivity index (χ2n) is 6.98. The summed E-state index contributed by atoms with van der Waals surface area (Å²) in [5, 5.41) is 15.4. The molecule has 3 N–H and O–H groups in total. The molecule has 2 aliphatic heterocycles. The maximum absolute atomic E-state index is 13.7. The lowest BCUT2D eigenvalue weighted by Crippen LogP contribution is -2.42. The van der Waals surface area contributed by atoms with Crippen molar-refractivity contribution < 1.29 is 28.3 Å². The van der Waals surface area contributed by atoms with E-state index in [4.69, 9.17) is 0 Å². The van der Waals surface area contributed by atoms with Gasteiger partial charge in [0.1, 0.15) is 17.2 Å². The van der Waals surface area contributed by atoms with Gasteiger partial charge in [-0.3, -0.25) is 14.4 Å². The SMILES string of the molecule is O=C(NCc1ccc(F)cc1F)/C1=C/N[C@@H]2CCCCN(C2)C(=O)/C=C(\O)C1=O. The van der Waals surface area contributed by atoms with Crippen LogP contribution in [-0.4, -0.2) is 46.7 Å². The van der Waals surface area contributed by atoms with Gasteiger partial charge in [0.25, 0.3) is 5.91 Å². The average Bonchev–Trinajstić information content (AvgIpc) is 2.92. The summed E-state index contributed by atoms with van der Waals surface area (Å²) in [6.45, 7) is 0.619. The predicted molar refractivity (Wildman–Crippen MR) is 99.4 cm³/mol. The highest BCUT2D eigenvalue weighted by molar-refractivity contribution is 6.25. The number of nitrogens with one attached hydrogen (secondary N) is 2. The van der Waals surface area contributed by atoms with Gasteiger partial charge in [-0.1, -0.05) is 6.07 Å². The molecule has 2 bridgehead atoms. The van der Waals surface area contributed by atoms with E-state index in [2.05, 4.69) is 10.6 Å². The first-order valence-corrected chi connectivity index (χ1v) is 9.28. The lowest BCUT2D eigenvalue weighted by atomic mass is 10.1. The van der Waals surface area contributed by atoms with Crippen molar-refractivity contribution >= 4 is 17.6 Å². The number of amides is 2. The first kappa shape index (κ1) is 20.5. The van der Waals surface area contributed by atoms with Crippen molar-refractivity contribution in [3.8, 4) is 0 Å². The summed E-state index contributed by atoms with van der Waals surface area (Å²) >= 11 is 0. The molecule has 1 saturated heterocycles. The number of nitrogens with zero attached hydrogens (tertiary/aromatic N) is 1. The van der Waals surface area contributed by atoms with E-state index in [9.17, 15) is 28.3 Å². The molecule has 0 spiro atoms. The van der Waals surface area contributed by atoms with Gasteiger partial charge in [-0.25, -0.2) is 8.78 Å². The van der Waals surface area contributed by atoms with Crippen LogP contribution in [0, 0.1) is 11.6 Å². The van der Waals surface area contributed by atoms with Crippen molar-refractivity contribution in [3.63, 3.8) is 0 Å². The fourth-order valence-electron chi connectivity index (χ4n) is 3.26. The van der Waals surface area contributed by atoms with Gasteiger partial charge in [-0.15, -0.1) is 0 Å². The van der Waals surface area contributed by atoms with Gasteiger partial charge >= 0.3 is 0 Å². The van der Waals surface area contributed by atoms with Crippen molar-refractivity contribution in [2.24, 2.45) is 0 Å². The molecule has 1 aromatic carbocycles. The third-order valence-corrected chi connectivity index (χ3v) is 4.88. The molecule has 154 valence electrons. The van der Waals surface area contributed by atoms with E-state index in [1.165, 1.54) is 12.3 Å². The Bertz CT molecular complexity index is 898. The Morgan fingerprint density at radius 1 is 1.28 bits per heavy atom. The first-order valence-electron chi connectivity index (χ1n) is 9.28. The summed E-state index contributed by atoms with van der Waals surface area (Å²) in [6, 6.07) is 2.77. The number of Topliss-reactive ketones (excluding diaryl/α,β-unsaturated/α-hetero) is 1. The molecule has 3 rings (SSSR count). The molecular weight excluding hydrogens is 384 g/mol. The molecule has 2 heterocycles. The van der Waals surface area contributed by atoms with Crippen LogP contribution in [0.15, 0.2) is 41.8 Å². The van der Waals surface area contributed by atoms with Gasteiger partial charge in [0, 0.05) is 49.6 Å². The molecule has 1 atom stereocenters. The molecule has 9 heteroatoms. The van der Waals surface area contributed by atoms with Gasteiger partial charge in [0.05, 0.1) is 0 Å². The number of benzene rings is 1. The molecule has 2 amide bonds. The van der Waals surface area contributed by atoms with E-state index in [-0.39, 0.29) is 18.2 Å². The van der Waals surface area contributed by atoms with Gasteiger partial charge in [0.2, 0.25) is 11.7 Å². The molecular formula is C20H21F2N3O4. The normalized spacial score (nSPS) is 23.8. The van der Waals surface area contributed by atoms with Crippen molar-refractivity contribution in [2.45, 2.75) is 31.8 Å². The number of rotatable bonds is 3. The van der Waals surface area contributed by atoms with Gasteiger partial charge in [0.15, 0.2) is 5.76 Å². The van der Waals surface area contributed by atoms with Crippen molar-refractivity contribution in [1.82, 2.24) is 15.5 Å². The standard InChI is InChI=1S/C20H21F2N3O4/c21-13-5-4-12(16(22)7-13)9-24-20(29)15-10-23-14-3-1-2-6-25(11-14)18(27)8-17(26)19(15)28/h4-5,7-8,10,14,23,26H,1-3,6,9,11H2,(H,24,29)/b15-10+,17-8-/t14-/m1/s1. The predicted octanol–water partition coefficient (Wildman–Crippen LogP) is 1.46. The number of allylic oxidation sites excluding steroid dienone is 1. The smallest absolute Gasteiger partial charge is 0.257 e. The van der Waals surface area contributed by atoms with Crippen LogP contribution in [0.25, 0.3) is 0 Å². The van der Waals surface area contributed by atoms with Crippen LogP contribution >= 0.6 is 0 Å². The zero-order chi connectivity index (χ0) is 21.0. The van der Waals surface area contributed by atoms with Gasteiger partial charge in [-0.2, -0.15) is 0 Å². The second kappa shape index (κ2) is 8.85. The minimum atomic E-state index is -1.03. The van der Waals surface area contributed by atoms with Crippen LogP contribution in [0.3, 0.4) is 0 Å². The third kappa shape index (κ3) is 4.98. The fourth-order valence-corrected chi connectivity index (χ4v) is 3.26. The summed E-state index contributed by atoms with van der Waals surface area (Å²) in [4.78, 5) is 38.9. The quantitative estimate of drug-likeness (QED) is 0.662. The van der Waals surface area contributed by atoms with Crippen LogP contribution in [0.4, 0.5) is 8.78 Å². The highest BCUT2D eigenvalue weighted by Crippen LogP contribution is 2.15. The largest absolute Gasteiger partial charge is 0.504 e. The van der Waals surface area contributed by atoms with Crippen LogP contribution in [0.2, 0.25) is 0 Å². The lowest BCUT2D eigenvalue weighted by Gasteiger charge is -2.25. The molecule has 29 heavy (non-hydrogen) atoms. The van der Waals surface area contributed by atoms with Crippen LogP contribution < -0.4 is 10.6 Å². The number of aliphatic hydroxyl groups is 1. The van der Waals surface area contributed by atoms with E-state index in [0.717, 1.165) is 31.4 Å². The number of fused-ring (bicyclic) bond motifs is 2. The Kier molecular flexibility index (Phi) is 6.26. The van der Waals surface area contributed by atoms with Crippen LogP contribution in [0.5, 0.6) is 0 Å². The fraction of sp³-hybridized carbons (Fsp3) is 0.350. The number of halogens is 2. The Hall–Kier alpha value is -3.23. The van der Waals surface area contributed by atoms with Crippen LogP contribution in [-0.2, 0) is 20.9 Å². The maximum atomic E-state index is 13.7. The number of aliphatic hydroxyl groups excluding tert-OH is 1. The van der Waals surface area contributed by atoms with E-state index in [1.807, 2.05) is 0 Å². The minimum Gasteiger partial charge on any atom is -0.504 e. The molecule has 0 unspecified atom stereocenters. The second-order valence-corrected chi connectivity index (χ2v) is 6.98. The Morgan fingerprint density at radius 3 is 2.83 bits per heavy atom. The summed E-state index contributed by atoms with van der Waals surface area (Å²) in [5.74, 6) is -4.81. The summed E-state index contributed by atoms with van der Waals surface area (Å²) in [5.41, 5.74) is -0.373. The highest BCUT2D eigenvalue weighted by Gasteiger charge is 2.27. The molecule has 0 aromatic heterocycles. The monoisotopic (exact) mass is 405 g/mol. The molecule has 0 saturated carbocycles. The Labute approximate surface area is 166 Å². The van der Waals surface area contributed by atoms with E-state index >= 15 is 0 Å². The average molecular weight is 405 g/mol. The minimum absolute atomic E-state index is 0.0370. The molecule has 0 radical (unpaired) electrons. The van der Waals surface area contributed by atoms with E-state index < -0.39 is 40.6 Å². The highest BCUT2D eigenvalue weighted by atomic mass is 19.1. The van der Waals surface area contributed by atoms with E-state index in [0.29, 0.717) is 19.2 Å². The maximum Gasteiger partial charge on any atom is 0.257 e. The zero-order valence-corrected chi connectivity index (χ0v) is 15.6. The zero-order valence-electron chi connectivity index (χ0n) is 15.6. The number of carbonyl (C=O) groups excluding carboxylic acids is 3. The molecule has 1 fully saturated rings. The summed E-state index contributed by atoms with van der Waals surface area (Å²) in [7, 11) is 0. The third-order valence-electron chi connectivity index (χ3n) is 4.88. The number of ketones is 1. The molecule has 1 aromatic rings. The van der Waals surface area contributed by atoms with Gasteiger partial charge in [-0.05, 0) is 25.3 Å². The number of carbonyl (C=O) groups is 3. The number of hydrogen-bond donors (Lipinski definition) is 3. The Morgan fingerprint density at radius 2 is 2.07 bits per heavy atom. The topological polar surface area (TPSA) is 98.7 Å². The lowest BCUT2D eigenvalue weighted by molar-refractivity contribution is -0.127. The van der Waals surface area contributed by atoms with E-state index in [1.54, 1.807) is 4.90 Å². The van der Waals surface area contributed by atoms with Crippen molar-refractivity contribution in [3.05, 3.63) is 59.0 Å². The molecule has 2 aliphatic rings. The summed E-state index contributed by atoms with van der Waals surface area (Å²) < 4.78 is 26.7. The number of hydrogen-bond acceptors (Lipinski definition) is 5. The Balaban J connectivity index is 1.80.